The lowest BCUT2D eigenvalue weighted by atomic mass is 10.0. The molecule has 19 heavy (non-hydrogen) atoms. The summed E-state index contributed by atoms with van der Waals surface area (Å²) in [5, 5.41) is 3.64. The van der Waals surface area contributed by atoms with E-state index in [1.165, 1.54) is 41.5 Å². The van der Waals surface area contributed by atoms with E-state index in [4.69, 9.17) is 0 Å². The summed E-state index contributed by atoms with van der Waals surface area (Å²) < 4.78 is 0. The molecule has 0 aliphatic heterocycles. The molecule has 0 fully saturated rings. The Morgan fingerprint density at radius 1 is 1.16 bits per heavy atom. The molecule has 1 unspecified atom stereocenters. The molecule has 98 valence electrons. The fourth-order valence-electron chi connectivity index (χ4n) is 2.87. The van der Waals surface area contributed by atoms with Crippen LogP contribution in [0.5, 0.6) is 0 Å². The Morgan fingerprint density at radius 3 is 2.79 bits per heavy atom. The van der Waals surface area contributed by atoms with Crippen molar-refractivity contribution in [3.05, 3.63) is 53.9 Å². The van der Waals surface area contributed by atoms with Gasteiger partial charge < -0.3 is 5.32 Å². The normalized spacial score (nSPS) is 17.4. The van der Waals surface area contributed by atoms with E-state index in [9.17, 15) is 0 Å². The molecule has 1 aromatic heterocycles. The van der Waals surface area contributed by atoms with E-state index in [2.05, 4.69) is 47.6 Å². The van der Waals surface area contributed by atoms with Crippen LogP contribution >= 0.6 is 0 Å². The Bertz CT molecular complexity index is 548. The van der Waals surface area contributed by atoms with Gasteiger partial charge in [-0.1, -0.05) is 25.1 Å². The van der Waals surface area contributed by atoms with Gasteiger partial charge in [0.1, 0.15) is 0 Å². The molecule has 2 heteroatoms. The maximum absolute atomic E-state index is 4.08. The Hall–Kier alpha value is -1.67. The lowest BCUT2D eigenvalue weighted by Crippen LogP contribution is -2.19. The van der Waals surface area contributed by atoms with Gasteiger partial charge in [0.2, 0.25) is 0 Å². The Morgan fingerprint density at radius 2 is 2.00 bits per heavy atom. The van der Waals surface area contributed by atoms with Crippen molar-refractivity contribution in [2.45, 2.75) is 32.2 Å². The molecule has 0 spiro atoms. The van der Waals surface area contributed by atoms with Crippen molar-refractivity contribution in [1.29, 1.82) is 0 Å². The number of benzene rings is 1. The second kappa shape index (κ2) is 5.54. The van der Waals surface area contributed by atoms with E-state index in [0.29, 0.717) is 6.04 Å². The molecule has 1 aliphatic carbocycles. The van der Waals surface area contributed by atoms with Crippen LogP contribution in [0.3, 0.4) is 0 Å². The first-order valence-corrected chi connectivity index (χ1v) is 7.15. The molecule has 0 radical (unpaired) electrons. The first-order chi connectivity index (χ1) is 9.38. The van der Waals surface area contributed by atoms with Crippen molar-refractivity contribution in [3.63, 3.8) is 0 Å². The molecular formula is C17H20N2. The molecule has 2 nitrogen and oxygen atoms in total. The number of hydrogen-bond acceptors (Lipinski definition) is 2. The van der Waals surface area contributed by atoms with Gasteiger partial charge >= 0.3 is 0 Å². The van der Waals surface area contributed by atoms with Crippen LogP contribution in [0.15, 0.2) is 42.7 Å². The van der Waals surface area contributed by atoms with Crippen LogP contribution in [0.2, 0.25) is 0 Å². The minimum atomic E-state index is 0.557. The average molecular weight is 252 g/mol. The van der Waals surface area contributed by atoms with Crippen molar-refractivity contribution in [2.75, 3.05) is 6.54 Å². The zero-order chi connectivity index (χ0) is 13.1. The SMILES string of the molecule is CCCNC1CCc2cc(-c3ccncc3)ccc21. The number of nitrogens with zero attached hydrogens (tertiary/aromatic N) is 1. The molecule has 0 saturated carbocycles. The van der Waals surface area contributed by atoms with Gasteiger partial charge in [-0.3, -0.25) is 4.98 Å². The smallest absolute Gasteiger partial charge is 0.0326 e. The monoisotopic (exact) mass is 252 g/mol. The summed E-state index contributed by atoms with van der Waals surface area (Å²) >= 11 is 0. The van der Waals surface area contributed by atoms with Crippen molar-refractivity contribution >= 4 is 0 Å². The molecule has 0 saturated heterocycles. The highest BCUT2D eigenvalue weighted by Crippen LogP contribution is 2.34. The third-order valence-corrected chi connectivity index (χ3v) is 3.88. The van der Waals surface area contributed by atoms with E-state index in [1.807, 2.05) is 12.4 Å². The van der Waals surface area contributed by atoms with Crippen molar-refractivity contribution in [2.24, 2.45) is 0 Å². The maximum Gasteiger partial charge on any atom is 0.0326 e. The third kappa shape index (κ3) is 2.54. The van der Waals surface area contributed by atoms with E-state index in [1.54, 1.807) is 0 Å². The number of pyridine rings is 1. The van der Waals surface area contributed by atoms with Crippen LogP contribution in [-0.2, 0) is 6.42 Å². The first-order valence-electron chi connectivity index (χ1n) is 7.15. The summed E-state index contributed by atoms with van der Waals surface area (Å²) in [4.78, 5) is 4.08. The molecule has 1 N–H and O–H groups in total. The standard InChI is InChI=1S/C17H20N2/c1-2-9-19-17-6-4-15-12-14(3-5-16(15)17)13-7-10-18-11-8-13/h3,5,7-8,10-12,17,19H,2,4,6,9H2,1H3. The van der Waals surface area contributed by atoms with Crippen molar-refractivity contribution in [3.8, 4) is 11.1 Å². The third-order valence-electron chi connectivity index (χ3n) is 3.88. The zero-order valence-electron chi connectivity index (χ0n) is 11.4. The van der Waals surface area contributed by atoms with Gasteiger partial charge in [-0.25, -0.2) is 0 Å². The molecule has 1 heterocycles. The number of rotatable bonds is 4. The molecule has 3 rings (SSSR count). The van der Waals surface area contributed by atoms with Crippen LogP contribution in [-0.4, -0.2) is 11.5 Å². The summed E-state index contributed by atoms with van der Waals surface area (Å²) in [5.74, 6) is 0. The number of aromatic nitrogens is 1. The van der Waals surface area contributed by atoms with Gasteiger partial charge in [-0.2, -0.15) is 0 Å². The largest absolute Gasteiger partial charge is 0.310 e. The van der Waals surface area contributed by atoms with Gasteiger partial charge in [-0.05, 0) is 60.2 Å². The predicted octanol–water partition coefficient (Wildman–Crippen LogP) is 3.74. The van der Waals surface area contributed by atoms with Crippen LogP contribution in [0.4, 0.5) is 0 Å². The fraction of sp³-hybridized carbons (Fsp3) is 0.353. The van der Waals surface area contributed by atoms with Gasteiger partial charge in [0.25, 0.3) is 0 Å². The van der Waals surface area contributed by atoms with Crippen molar-refractivity contribution < 1.29 is 0 Å². The number of aryl methyl sites for hydroxylation is 1. The first kappa shape index (κ1) is 12.4. The van der Waals surface area contributed by atoms with Crippen molar-refractivity contribution in [1.82, 2.24) is 10.3 Å². The van der Waals surface area contributed by atoms with Gasteiger partial charge in [0.15, 0.2) is 0 Å². The second-order valence-electron chi connectivity index (χ2n) is 5.19. The molecule has 2 aromatic rings. The predicted molar refractivity (Wildman–Crippen MR) is 79.0 cm³/mol. The highest BCUT2D eigenvalue weighted by Gasteiger charge is 2.21. The van der Waals surface area contributed by atoms with Gasteiger partial charge in [0, 0.05) is 18.4 Å². The molecule has 1 aliphatic rings. The summed E-state index contributed by atoms with van der Waals surface area (Å²) in [6, 6.07) is 11.6. The molecule has 0 bridgehead atoms. The summed E-state index contributed by atoms with van der Waals surface area (Å²) in [5.41, 5.74) is 5.55. The number of fused-ring (bicyclic) bond motifs is 1. The molecule has 1 atom stereocenters. The highest BCUT2D eigenvalue weighted by atomic mass is 14.9. The van der Waals surface area contributed by atoms with E-state index in [0.717, 1.165) is 6.54 Å². The number of hydrogen-bond donors (Lipinski definition) is 1. The average Bonchev–Trinajstić information content (AvgIpc) is 2.88. The topological polar surface area (TPSA) is 24.9 Å². The fourth-order valence-corrected chi connectivity index (χ4v) is 2.87. The zero-order valence-corrected chi connectivity index (χ0v) is 11.4. The second-order valence-corrected chi connectivity index (χ2v) is 5.19. The minimum Gasteiger partial charge on any atom is -0.310 e. The molecule has 1 aromatic carbocycles. The van der Waals surface area contributed by atoms with Crippen LogP contribution < -0.4 is 5.32 Å². The van der Waals surface area contributed by atoms with E-state index in [-0.39, 0.29) is 0 Å². The maximum atomic E-state index is 4.08. The Balaban J connectivity index is 1.86. The van der Waals surface area contributed by atoms with Crippen LogP contribution in [0.25, 0.3) is 11.1 Å². The van der Waals surface area contributed by atoms with Crippen LogP contribution in [0.1, 0.15) is 36.9 Å². The van der Waals surface area contributed by atoms with Crippen LogP contribution in [0, 0.1) is 0 Å². The quantitative estimate of drug-likeness (QED) is 0.896. The number of nitrogens with one attached hydrogen (secondary N) is 1. The lowest BCUT2D eigenvalue weighted by molar-refractivity contribution is 0.529. The van der Waals surface area contributed by atoms with Gasteiger partial charge in [0.05, 0.1) is 0 Å². The minimum absolute atomic E-state index is 0.557. The summed E-state index contributed by atoms with van der Waals surface area (Å²) in [6.07, 6.45) is 7.33. The summed E-state index contributed by atoms with van der Waals surface area (Å²) in [6.45, 7) is 3.33. The lowest BCUT2D eigenvalue weighted by Gasteiger charge is -2.13. The summed E-state index contributed by atoms with van der Waals surface area (Å²) in [7, 11) is 0. The Kier molecular flexibility index (Phi) is 3.60. The Labute approximate surface area is 114 Å². The van der Waals surface area contributed by atoms with E-state index >= 15 is 0 Å². The van der Waals surface area contributed by atoms with E-state index < -0.39 is 0 Å². The molecular weight excluding hydrogens is 232 g/mol. The molecule has 0 amide bonds. The highest BCUT2D eigenvalue weighted by molar-refractivity contribution is 5.65. The van der Waals surface area contributed by atoms with Gasteiger partial charge in [-0.15, -0.1) is 0 Å².